The van der Waals surface area contributed by atoms with Crippen molar-refractivity contribution in [3.05, 3.63) is 28.8 Å². The summed E-state index contributed by atoms with van der Waals surface area (Å²) >= 11 is 5.01. The molecule has 0 saturated heterocycles. The van der Waals surface area contributed by atoms with Gasteiger partial charge < -0.3 is 14.2 Å². The van der Waals surface area contributed by atoms with Gasteiger partial charge in [-0.1, -0.05) is 0 Å². The fourth-order valence-corrected chi connectivity index (χ4v) is 1.75. The quantitative estimate of drug-likeness (QED) is 0.673. The number of hydrogen-bond acceptors (Lipinski definition) is 6. The molecular formula is C12H14N4O3S. The molecule has 7 nitrogen and oxygen atoms in total. The Kier molecular flexibility index (Phi) is 4.36. The summed E-state index contributed by atoms with van der Waals surface area (Å²) in [5.74, 6) is 1.79. The minimum absolute atomic E-state index is 0.403. The first kappa shape index (κ1) is 14.1. The number of hydrogen-bond donors (Lipinski definition) is 1. The lowest BCUT2D eigenvalue weighted by atomic mass is 10.2. The minimum atomic E-state index is 0.403. The van der Waals surface area contributed by atoms with Crippen molar-refractivity contribution < 1.29 is 14.2 Å². The highest BCUT2D eigenvalue weighted by Crippen LogP contribution is 2.33. The van der Waals surface area contributed by atoms with E-state index >= 15 is 0 Å². The molecule has 20 heavy (non-hydrogen) atoms. The van der Waals surface area contributed by atoms with Crippen molar-refractivity contribution in [2.75, 3.05) is 21.3 Å². The van der Waals surface area contributed by atoms with Gasteiger partial charge in [-0.2, -0.15) is 14.9 Å². The van der Waals surface area contributed by atoms with E-state index in [2.05, 4.69) is 15.3 Å². The molecule has 0 aliphatic carbocycles. The maximum absolute atomic E-state index is 5.30. The average molecular weight is 294 g/mol. The molecule has 1 heterocycles. The molecule has 2 aromatic rings. The van der Waals surface area contributed by atoms with Gasteiger partial charge >= 0.3 is 0 Å². The Labute approximate surface area is 120 Å². The zero-order valence-electron chi connectivity index (χ0n) is 11.3. The molecule has 1 aromatic carbocycles. The molecule has 106 valence electrons. The summed E-state index contributed by atoms with van der Waals surface area (Å²) < 4.78 is 17.6. The van der Waals surface area contributed by atoms with Gasteiger partial charge in [-0.15, -0.1) is 0 Å². The third-order valence-electron chi connectivity index (χ3n) is 2.59. The average Bonchev–Trinajstić information content (AvgIpc) is 2.89. The number of methoxy groups -OCH3 is 3. The van der Waals surface area contributed by atoms with Gasteiger partial charge in [-0.3, -0.25) is 5.10 Å². The molecule has 0 aliphatic rings. The van der Waals surface area contributed by atoms with Gasteiger partial charge in [0.2, 0.25) is 4.77 Å². The number of aromatic nitrogens is 3. The summed E-state index contributed by atoms with van der Waals surface area (Å²) in [6.07, 6.45) is 3.08. The molecule has 0 radical (unpaired) electrons. The largest absolute Gasteiger partial charge is 0.496 e. The van der Waals surface area contributed by atoms with Crippen LogP contribution in [0.4, 0.5) is 0 Å². The van der Waals surface area contributed by atoms with E-state index in [1.807, 2.05) is 0 Å². The number of nitrogens with zero attached hydrogens (tertiary/aromatic N) is 3. The molecule has 0 bridgehead atoms. The highest BCUT2D eigenvalue weighted by Gasteiger charge is 2.10. The van der Waals surface area contributed by atoms with Crippen molar-refractivity contribution in [3.8, 4) is 17.2 Å². The topological polar surface area (TPSA) is 73.7 Å². The number of nitrogens with one attached hydrogen (secondary N) is 1. The predicted molar refractivity (Wildman–Crippen MR) is 76.5 cm³/mol. The lowest BCUT2D eigenvalue weighted by molar-refractivity contribution is 0.349. The van der Waals surface area contributed by atoms with E-state index in [9.17, 15) is 0 Å². The van der Waals surface area contributed by atoms with Gasteiger partial charge in [0.15, 0.2) is 11.5 Å². The maximum Gasteiger partial charge on any atom is 0.216 e. The normalized spacial score (nSPS) is 10.8. The Hall–Kier alpha value is -2.35. The second kappa shape index (κ2) is 6.20. The number of aromatic amines is 1. The third-order valence-corrected chi connectivity index (χ3v) is 2.87. The van der Waals surface area contributed by atoms with Gasteiger partial charge in [-0.25, -0.2) is 0 Å². The van der Waals surface area contributed by atoms with Crippen LogP contribution in [0.2, 0.25) is 0 Å². The Balaban J connectivity index is 2.42. The molecule has 1 N–H and O–H groups in total. The standard InChI is InChI=1S/C12H14N4O3S/c1-17-9-5-11(19-3)10(18-2)4-8(9)6-14-16-7-13-15-12(16)20/h4-7H,1-3H3,(H,15,20)/b14-6+. The summed E-state index contributed by atoms with van der Waals surface area (Å²) in [7, 11) is 4.70. The second-order valence-electron chi connectivity index (χ2n) is 3.70. The lowest BCUT2D eigenvalue weighted by Crippen LogP contribution is -1.97. The molecule has 0 saturated carbocycles. The van der Waals surface area contributed by atoms with Crippen molar-refractivity contribution in [3.63, 3.8) is 0 Å². The lowest BCUT2D eigenvalue weighted by Gasteiger charge is -2.11. The fraction of sp³-hybridized carbons (Fsp3) is 0.250. The summed E-state index contributed by atoms with van der Waals surface area (Å²) in [5.41, 5.74) is 0.730. The van der Waals surface area contributed by atoms with E-state index in [1.165, 1.54) is 11.0 Å². The molecule has 0 atom stereocenters. The van der Waals surface area contributed by atoms with Crippen LogP contribution >= 0.6 is 12.2 Å². The van der Waals surface area contributed by atoms with E-state index < -0.39 is 0 Å². The predicted octanol–water partition coefficient (Wildman–Crippen LogP) is 1.85. The number of ether oxygens (including phenoxy) is 3. The van der Waals surface area contributed by atoms with Crippen LogP contribution in [0.25, 0.3) is 0 Å². The summed E-state index contributed by atoms with van der Waals surface area (Å²) in [4.78, 5) is 0. The Bertz CT molecular complexity index is 678. The smallest absolute Gasteiger partial charge is 0.216 e. The van der Waals surface area contributed by atoms with E-state index in [4.69, 9.17) is 26.4 Å². The van der Waals surface area contributed by atoms with Crippen LogP contribution in [0.1, 0.15) is 5.56 Å². The first-order chi connectivity index (χ1) is 9.69. The molecule has 0 fully saturated rings. The van der Waals surface area contributed by atoms with Gasteiger partial charge in [0, 0.05) is 11.6 Å². The minimum Gasteiger partial charge on any atom is -0.496 e. The van der Waals surface area contributed by atoms with Crippen LogP contribution in [-0.2, 0) is 0 Å². The monoisotopic (exact) mass is 294 g/mol. The molecule has 1 aromatic heterocycles. The van der Waals surface area contributed by atoms with Crippen LogP contribution in [0, 0.1) is 4.77 Å². The molecule has 8 heteroatoms. The molecule has 2 rings (SSSR count). The first-order valence-corrected chi connectivity index (χ1v) is 6.06. The van der Waals surface area contributed by atoms with Crippen LogP contribution in [0.5, 0.6) is 17.2 Å². The Morgan fingerprint density at radius 2 is 1.80 bits per heavy atom. The summed E-state index contributed by atoms with van der Waals surface area (Å²) in [5, 5.41) is 10.6. The molecule has 0 amide bonds. The SMILES string of the molecule is COc1cc(OC)c(OC)cc1/C=N/n1cn[nH]c1=S. The summed E-state index contributed by atoms with van der Waals surface area (Å²) in [6, 6.07) is 3.50. The van der Waals surface area contributed by atoms with Crippen molar-refractivity contribution in [2.45, 2.75) is 0 Å². The van der Waals surface area contributed by atoms with Crippen LogP contribution in [-0.4, -0.2) is 42.4 Å². The molecule has 0 unspecified atom stereocenters. The van der Waals surface area contributed by atoms with Gasteiger partial charge in [0.25, 0.3) is 0 Å². The third kappa shape index (κ3) is 2.80. The number of H-pyrrole nitrogens is 1. The van der Waals surface area contributed by atoms with Crippen LogP contribution in [0.3, 0.4) is 0 Å². The molecule has 0 aliphatic heterocycles. The maximum atomic E-state index is 5.30. The van der Waals surface area contributed by atoms with Gasteiger partial charge in [0.05, 0.1) is 27.5 Å². The van der Waals surface area contributed by atoms with Crippen molar-refractivity contribution in [2.24, 2.45) is 5.10 Å². The van der Waals surface area contributed by atoms with Crippen molar-refractivity contribution in [1.29, 1.82) is 0 Å². The van der Waals surface area contributed by atoms with E-state index in [-0.39, 0.29) is 0 Å². The van der Waals surface area contributed by atoms with E-state index in [1.54, 1.807) is 39.7 Å². The first-order valence-electron chi connectivity index (χ1n) is 5.66. The van der Waals surface area contributed by atoms with Gasteiger partial charge in [0.1, 0.15) is 12.1 Å². The fourth-order valence-electron chi connectivity index (χ4n) is 1.60. The van der Waals surface area contributed by atoms with E-state index in [0.29, 0.717) is 22.0 Å². The summed E-state index contributed by atoms with van der Waals surface area (Å²) in [6.45, 7) is 0. The second-order valence-corrected chi connectivity index (χ2v) is 4.09. The zero-order valence-corrected chi connectivity index (χ0v) is 12.1. The zero-order chi connectivity index (χ0) is 14.5. The molecular weight excluding hydrogens is 280 g/mol. The van der Waals surface area contributed by atoms with Crippen molar-refractivity contribution in [1.82, 2.24) is 14.9 Å². The van der Waals surface area contributed by atoms with E-state index in [0.717, 1.165) is 5.56 Å². The molecule has 0 spiro atoms. The van der Waals surface area contributed by atoms with Crippen molar-refractivity contribution >= 4 is 18.4 Å². The highest BCUT2D eigenvalue weighted by atomic mass is 32.1. The highest BCUT2D eigenvalue weighted by molar-refractivity contribution is 7.71. The number of benzene rings is 1. The Morgan fingerprint density at radius 3 is 2.35 bits per heavy atom. The van der Waals surface area contributed by atoms with Crippen LogP contribution < -0.4 is 14.2 Å². The Morgan fingerprint density at radius 1 is 1.15 bits per heavy atom. The number of rotatable bonds is 5. The van der Waals surface area contributed by atoms with Crippen LogP contribution in [0.15, 0.2) is 23.6 Å². The van der Waals surface area contributed by atoms with Gasteiger partial charge in [-0.05, 0) is 18.3 Å².